The summed E-state index contributed by atoms with van der Waals surface area (Å²) in [6.45, 7) is 0.0110. The molecule has 0 spiro atoms. The summed E-state index contributed by atoms with van der Waals surface area (Å²) in [4.78, 5) is 51.0. The molecule has 178 valence electrons. The van der Waals surface area contributed by atoms with Crippen LogP contribution >= 0.6 is 11.6 Å². The first-order chi connectivity index (χ1) is 16.9. The average molecular weight is 491 g/mol. The molecule has 0 saturated carbocycles. The Hall–Kier alpha value is -4.17. The van der Waals surface area contributed by atoms with Crippen LogP contribution in [-0.4, -0.2) is 28.0 Å². The van der Waals surface area contributed by atoms with Gasteiger partial charge in [0.1, 0.15) is 6.54 Å². The molecular weight excluding hydrogens is 468 g/mol. The van der Waals surface area contributed by atoms with Gasteiger partial charge in [-0.2, -0.15) is 0 Å². The zero-order chi connectivity index (χ0) is 24.9. The van der Waals surface area contributed by atoms with Crippen molar-refractivity contribution in [3.05, 3.63) is 110 Å². The molecule has 0 atom stereocenters. The van der Waals surface area contributed by atoms with Crippen LogP contribution in [0.15, 0.2) is 82.4 Å². The van der Waals surface area contributed by atoms with Gasteiger partial charge in [-0.3, -0.25) is 19.0 Å². The molecule has 9 heteroatoms. The van der Waals surface area contributed by atoms with E-state index in [4.69, 9.17) is 11.6 Å². The topological polar surface area (TPSA) is 102 Å². The van der Waals surface area contributed by atoms with E-state index in [0.717, 1.165) is 15.7 Å². The Kier molecular flexibility index (Phi) is 7.12. The lowest BCUT2D eigenvalue weighted by atomic mass is 10.1. The number of likely N-dealkylation sites (N-methyl/N-ethyl adjacent to an activating group) is 1. The predicted octanol–water partition coefficient (Wildman–Crippen LogP) is 2.41. The van der Waals surface area contributed by atoms with Crippen LogP contribution < -0.4 is 21.9 Å². The second kappa shape index (κ2) is 10.4. The summed E-state index contributed by atoms with van der Waals surface area (Å²) in [6.07, 6.45) is 0.182. The fraction of sp³-hybridized carbons (Fsp3) is 0.154. The highest BCUT2D eigenvalue weighted by atomic mass is 35.5. The van der Waals surface area contributed by atoms with Gasteiger partial charge in [0, 0.05) is 18.6 Å². The van der Waals surface area contributed by atoms with E-state index in [0.29, 0.717) is 21.6 Å². The Morgan fingerprint density at radius 2 is 1.51 bits per heavy atom. The zero-order valence-corrected chi connectivity index (χ0v) is 19.7. The Bertz CT molecular complexity index is 1510. The summed E-state index contributed by atoms with van der Waals surface area (Å²) < 4.78 is 2.32. The first-order valence-electron chi connectivity index (χ1n) is 10.9. The van der Waals surface area contributed by atoms with Gasteiger partial charge < -0.3 is 10.6 Å². The molecule has 1 heterocycles. The second-order valence-corrected chi connectivity index (χ2v) is 8.38. The Balaban J connectivity index is 1.68. The number of para-hydroxylation sites is 1. The van der Waals surface area contributed by atoms with Gasteiger partial charge in [-0.25, -0.2) is 9.36 Å². The van der Waals surface area contributed by atoms with Crippen LogP contribution in [0.4, 0.5) is 0 Å². The van der Waals surface area contributed by atoms with Crippen molar-refractivity contribution in [2.75, 3.05) is 7.05 Å². The smallest absolute Gasteiger partial charge is 0.336 e. The molecule has 8 nitrogen and oxygen atoms in total. The summed E-state index contributed by atoms with van der Waals surface area (Å²) >= 11 is 5.90. The highest BCUT2D eigenvalue weighted by Gasteiger charge is 2.16. The summed E-state index contributed by atoms with van der Waals surface area (Å²) in [5.74, 6) is -0.522. The van der Waals surface area contributed by atoms with Gasteiger partial charge in [-0.05, 0) is 47.5 Å². The van der Waals surface area contributed by atoms with Crippen molar-refractivity contribution in [1.29, 1.82) is 0 Å². The summed E-state index contributed by atoms with van der Waals surface area (Å²) in [5.41, 5.74) is 1.21. The van der Waals surface area contributed by atoms with Gasteiger partial charge >= 0.3 is 5.69 Å². The molecule has 0 aliphatic rings. The molecule has 4 aromatic rings. The molecule has 2 N–H and O–H groups in total. The molecule has 1 aromatic heterocycles. The van der Waals surface area contributed by atoms with E-state index in [2.05, 4.69) is 10.6 Å². The number of amides is 2. The Labute approximate surface area is 205 Å². The minimum atomic E-state index is -0.630. The van der Waals surface area contributed by atoms with E-state index < -0.39 is 11.2 Å². The van der Waals surface area contributed by atoms with Crippen molar-refractivity contribution >= 4 is 34.3 Å². The van der Waals surface area contributed by atoms with Crippen LogP contribution in [0.1, 0.15) is 11.1 Å². The average Bonchev–Trinajstić information content (AvgIpc) is 2.87. The molecule has 4 rings (SSSR count). The number of aromatic nitrogens is 2. The highest BCUT2D eigenvalue weighted by molar-refractivity contribution is 6.30. The van der Waals surface area contributed by atoms with Crippen LogP contribution in [0, 0.1) is 0 Å². The van der Waals surface area contributed by atoms with Crippen molar-refractivity contribution in [3.63, 3.8) is 0 Å². The number of benzene rings is 3. The van der Waals surface area contributed by atoms with Crippen LogP contribution in [0.25, 0.3) is 16.6 Å². The lowest BCUT2D eigenvalue weighted by Crippen LogP contribution is -2.41. The Morgan fingerprint density at radius 3 is 2.20 bits per heavy atom. The third kappa shape index (κ3) is 5.33. The van der Waals surface area contributed by atoms with E-state index >= 15 is 0 Å². The van der Waals surface area contributed by atoms with Gasteiger partial charge in [0.15, 0.2) is 0 Å². The molecular formula is C26H23ClN4O4. The van der Waals surface area contributed by atoms with Crippen LogP contribution in [0.5, 0.6) is 0 Å². The number of halogens is 1. The fourth-order valence-corrected chi connectivity index (χ4v) is 3.87. The van der Waals surface area contributed by atoms with Crippen molar-refractivity contribution in [2.45, 2.75) is 19.5 Å². The van der Waals surface area contributed by atoms with Gasteiger partial charge in [0.25, 0.3) is 5.56 Å². The molecule has 0 radical (unpaired) electrons. The zero-order valence-electron chi connectivity index (χ0n) is 19.0. The molecule has 35 heavy (non-hydrogen) atoms. The molecule has 3 aromatic carbocycles. The van der Waals surface area contributed by atoms with Crippen molar-refractivity contribution in [2.24, 2.45) is 0 Å². The number of hydrogen-bond donors (Lipinski definition) is 2. The third-order valence-electron chi connectivity index (χ3n) is 5.59. The van der Waals surface area contributed by atoms with Gasteiger partial charge in [-0.15, -0.1) is 0 Å². The van der Waals surface area contributed by atoms with Gasteiger partial charge in [-0.1, -0.05) is 48.0 Å². The number of carbonyl (C=O) groups is 2. The van der Waals surface area contributed by atoms with Crippen LogP contribution in [0.2, 0.25) is 5.02 Å². The van der Waals surface area contributed by atoms with Crippen molar-refractivity contribution in [1.82, 2.24) is 19.8 Å². The van der Waals surface area contributed by atoms with Crippen LogP contribution in [0.3, 0.4) is 0 Å². The standard InChI is InChI=1S/C26H23ClN4O4/c1-28-23(32)14-17-8-12-20(13-9-17)31-25(34)21-4-2-3-5-22(21)30(26(31)35)16-24(33)29-15-18-6-10-19(27)11-7-18/h2-13H,14-16H2,1H3,(H,28,32)(H,29,33). The van der Waals surface area contributed by atoms with Gasteiger partial charge in [0.2, 0.25) is 11.8 Å². The normalized spacial score (nSPS) is 10.8. The summed E-state index contributed by atoms with van der Waals surface area (Å²) in [6, 6.07) is 20.4. The first kappa shape index (κ1) is 24.0. The van der Waals surface area contributed by atoms with E-state index in [9.17, 15) is 19.2 Å². The number of carbonyl (C=O) groups excluding carboxylic acids is 2. The molecule has 0 bridgehead atoms. The fourth-order valence-electron chi connectivity index (χ4n) is 3.74. The number of nitrogens with zero attached hydrogens (tertiary/aromatic N) is 2. The lowest BCUT2D eigenvalue weighted by molar-refractivity contribution is -0.122. The molecule has 0 aliphatic heterocycles. The summed E-state index contributed by atoms with van der Waals surface area (Å²) in [7, 11) is 1.55. The van der Waals surface area contributed by atoms with Crippen molar-refractivity contribution < 1.29 is 9.59 Å². The SMILES string of the molecule is CNC(=O)Cc1ccc(-n2c(=O)c3ccccc3n(CC(=O)NCc3ccc(Cl)cc3)c2=O)cc1. The number of nitrogens with one attached hydrogen (secondary N) is 2. The maximum absolute atomic E-state index is 13.4. The largest absolute Gasteiger partial charge is 0.359 e. The second-order valence-electron chi connectivity index (χ2n) is 7.95. The third-order valence-corrected chi connectivity index (χ3v) is 5.85. The highest BCUT2D eigenvalue weighted by Crippen LogP contribution is 2.12. The molecule has 0 aliphatic carbocycles. The monoisotopic (exact) mass is 490 g/mol. The minimum Gasteiger partial charge on any atom is -0.359 e. The van der Waals surface area contributed by atoms with Crippen molar-refractivity contribution in [3.8, 4) is 5.69 Å². The van der Waals surface area contributed by atoms with Crippen LogP contribution in [-0.2, 0) is 29.1 Å². The first-order valence-corrected chi connectivity index (χ1v) is 11.3. The van der Waals surface area contributed by atoms with E-state index in [1.807, 2.05) is 0 Å². The maximum Gasteiger partial charge on any atom is 0.336 e. The number of hydrogen-bond acceptors (Lipinski definition) is 4. The maximum atomic E-state index is 13.4. The Morgan fingerprint density at radius 1 is 0.857 bits per heavy atom. The molecule has 0 fully saturated rings. The van der Waals surface area contributed by atoms with Gasteiger partial charge in [0.05, 0.1) is 23.0 Å². The molecule has 2 amide bonds. The molecule has 0 unspecified atom stereocenters. The molecule has 0 saturated heterocycles. The van der Waals surface area contributed by atoms with E-state index in [1.54, 1.807) is 79.8 Å². The lowest BCUT2D eigenvalue weighted by Gasteiger charge is -2.14. The van der Waals surface area contributed by atoms with E-state index in [-0.39, 0.29) is 31.3 Å². The van der Waals surface area contributed by atoms with E-state index in [1.165, 1.54) is 4.57 Å². The summed E-state index contributed by atoms with van der Waals surface area (Å²) in [5, 5.41) is 6.26. The quantitative estimate of drug-likeness (QED) is 0.415. The predicted molar refractivity (Wildman–Crippen MR) is 135 cm³/mol. The number of fused-ring (bicyclic) bond motifs is 1. The minimum absolute atomic E-state index is 0.146. The number of rotatable bonds is 7.